The van der Waals surface area contributed by atoms with Gasteiger partial charge in [-0.15, -0.1) is 0 Å². The molecule has 1 rings (SSSR count). The molecule has 10 N–H and O–H groups in total. The summed E-state index contributed by atoms with van der Waals surface area (Å²) in [6, 6.07) is 1.43. The van der Waals surface area contributed by atoms with Gasteiger partial charge in [-0.25, -0.2) is 4.79 Å². The number of carbonyl (C=O) groups excluding carboxylic acids is 3. The summed E-state index contributed by atoms with van der Waals surface area (Å²) in [4.78, 5) is 48.9. The fraction of sp³-hybridized carbons (Fsp3) is 0.524. The summed E-state index contributed by atoms with van der Waals surface area (Å²) in [5.74, 6) is -3.55. The van der Waals surface area contributed by atoms with Crippen LogP contribution in [-0.2, 0) is 25.6 Å². The number of aromatic hydroxyl groups is 1. The molecule has 0 aliphatic rings. The molecule has 0 aromatic heterocycles. The van der Waals surface area contributed by atoms with Gasteiger partial charge in [0.15, 0.2) is 0 Å². The van der Waals surface area contributed by atoms with Crippen molar-refractivity contribution in [1.29, 1.82) is 0 Å². The lowest BCUT2D eigenvalue weighted by Crippen LogP contribution is -2.58. The van der Waals surface area contributed by atoms with Crippen LogP contribution in [0.1, 0.15) is 24.8 Å². The van der Waals surface area contributed by atoms with Crippen molar-refractivity contribution in [2.45, 2.75) is 49.9 Å². The number of hydrogen-bond donors (Lipinski definition) is 9. The highest BCUT2D eigenvalue weighted by molar-refractivity contribution is 7.80. The van der Waals surface area contributed by atoms with Crippen LogP contribution in [0.25, 0.3) is 0 Å². The fourth-order valence-corrected chi connectivity index (χ4v) is 3.20. The van der Waals surface area contributed by atoms with E-state index in [0.29, 0.717) is 24.9 Å². The lowest BCUT2D eigenvalue weighted by atomic mass is 10.1. The Labute approximate surface area is 202 Å². The van der Waals surface area contributed by atoms with Crippen LogP contribution >= 0.6 is 12.6 Å². The van der Waals surface area contributed by atoms with E-state index < -0.39 is 54.5 Å². The monoisotopic (exact) mass is 499 g/mol. The zero-order chi connectivity index (χ0) is 25.7. The minimum Gasteiger partial charge on any atom is -0.508 e. The number of thiol groups is 1. The van der Waals surface area contributed by atoms with Crippen LogP contribution in [0.3, 0.4) is 0 Å². The number of carbonyl (C=O) groups is 4. The lowest BCUT2D eigenvalue weighted by molar-refractivity contribution is -0.143. The molecule has 3 amide bonds. The van der Waals surface area contributed by atoms with Gasteiger partial charge in [0.1, 0.15) is 23.9 Å². The number of phenols is 1. The Hall–Kier alpha value is -2.87. The maximum Gasteiger partial charge on any atom is 0.328 e. The molecule has 0 fully saturated rings. The van der Waals surface area contributed by atoms with Crippen LogP contribution in [0.5, 0.6) is 5.75 Å². The highest BCUT2D eigenvalue weighted by Gasteiger charge is 2.29. The zero-order valence-electron chi connectivity index (χ0n) is 18.6. The van der Waals surface area contributed by atoms with Crippen molar-refractivity contribution in [3.8, 4) is 5.75 Å². The van der Waals surface area contributed by atoms with Gasteiger partial charge >= 0.3 is 5.97 Å². The van der Waals surface area contributed by atoms with E-state index in [4.69, 9.17) is 21.7 Å². The first-order valence-corrected chi connectivity index (χ1v) is 11.3. The summed E-state index contributed by atoms with van der Waals surface area (Å²) in [6.07, 6.45) is 1.37. The van der Waals surface area contributed by atoms with Crippen LogP contribution in [-0.4, -0.2) is 82.1 Å². The summed E-state index contributed by atoms with van der Waals surface area (Å²) >= 11 is 4.09. The molecule has 0 spiro atoms. The first-order valence-electron chi connectivity index (χ1n) is 10.7. The lowest BCUT2D eigenvalue weighted by Gasteiger charge is -2.24. The van der Waals surface area contributed by atoms with Gasteiger partial charge in [0.05, 0.1) is 12.6 Å². The highest BCUT2D eigenvalue weighted by atomic mass is 32.1. The van der Waals surface area contributed by atoms with Crippen molar-refractivity contribution in [3.63, 3.8) is 0 Å². The van der Waals surface area contributed by atoms with Gasteiger partial charge in [-0.3, -0.25) is 14.4 Å². The molecule has 4 unspecified atom stereocenters. The van der Waals surface area contributed by atoms with E-state index in [1.807, 2.05) is 0 Å². The molecular formula is C21H33N5O7S. The minimum atomic E-state index is -1.53. The van der Waals surface area contributed by atoms with Crippen LogP contribution in [0, 0.1) is 0 Å². The Morgan fingerprint density at radius 3 is 2.00 bits per heavy atom. The molecule has 1 aromatic rings. The number of rotatable bonds is 15. The first kappa shape index (κ1) is 29.2. The summed E-state index contributed by atoms with van der Waals surface area (Å²) in [5, 5.41) is 34.7. The number of carboxylic acid groups (broad SMARTS) is 1. The number of phenolic OH excluding ortho intramolecular Hbond substituents is 1. The number of hydrogen-bond acceptors (Lipinski definition) is 9. The molecule has 0 bridgehead atoms. The largest absolute Gasteiger partial charge is 0.508 e. The molecule has 0 heterocycles. The molecule has 0 saturated carbocycles. The molecule has 0 aliphatic carbocycles. The Morgan fingerprint density at radius 1 is 0.912 bits per heavy atom. The van der Waals surface area contributed by atoms with Crippen molar-refractivity contribution in [2.75, 3.05) is 18.9 Å². The van der Waals surface area contributed by atoms with Crippen LogP contribution in [0.2, 0.25) is 0 Å². The second kappa shape index (κ2) is 15.1. The van der Waals surface area contributed by atoms with Crippen molar-refractivity contribution in [2.24, 2.45) is 11.5 Å². The molecule has 34 heavy (non-hydrogen) atoms. The zero-order valence-corrected chi connectivity index (χ0v) is 19.5. The normalized spacial score (nSPS) is 14.4. The van der Waals surface area contributed by atoms with Crippen LogP contribution < -0.4 is 27.4 Å². The first-order chi connectivity index (χ1) is 16.1. The number of aliphatic hydroxyl groups is 1. The van der Waals surface area contributed by atoms with Crippen molar-refractivity contribution in [3.05, 3.63) is 29.8 Å². The fourth-order valence-electron chi connectivity index (χ4n) is 2.94. The number of aliphatic carboxylic acids is 1. The summed E-state index contributed by atoms with van der Waals surface area (Å²) in [7, 11) is 0. The topological polar surface area (TPSA) is 217 Å². The Kier molecular flexibility index (Phi) is 13.0. The number of aliphatic hydroxyl groups excluding tert-OH is 1. The molecule has 190 valence electrons. The number of nitrogens with one attached hydrogen (secondary N) is 3. The third-order valence-corrected chi connectivity index (χ3v) is 5.29. The second-order valence-corrected chi connectivity index (χ2v) is 8.01. The van der Waals surface area contributed by atoms with Crippen LogP contribution in [0.4, 0.5) is 0 Å². The second-order valence-electron chi connectivity index (χ2n) is 7.65. The third-order valence-electron chi connectivity index (χ3n) is 4.92. The molecule has 0 aliphatic heterocycles. The molecule has 12 nitrogen and oxygen atoms in total. The predicted molar refractivity (Wildman–Crippen MR) is 127 cm³/mol. The van der Waals surface area contributed by atoms with Gasteiger partial charge in [0.2, 0.25) is 17.7 Å². The van der Waals surface area contributed by atoms with Crippen molar-refractivity contribution < 1.29 is 34.5 Å². The van der Waals surface area contributed by atoms with E-state index in [-0.39, 0.29) is 24.3 Å². The Bertz CT molecular complexity index is 824. The number of carboxylic acids is 1. The average molecular weight is 500 g/mol. The van der Waals surface area contributed by atoms with E-state index in [2.05, 4.69) is 28.6 Å². The van der Waals surface area contributed by atoms with E-state index in [0.717, 1.165) is 0 Å². The van der Waals surface area contributed by atoms with Crippen molar-refractivity contribution >= 4 is 36.3 Å². The smallest absolute Gasteiger partial charge is 0.328 e. The number of benzene rings is 1. The predicted octanol–water partition coefficient (Wildman–Crippen LogP) is -2.15. The summed E-state index contributed by atoms with van der Waals surface area (Å²) < 4.78 is 0. The molecule has 4 atom stereocenters. The van der Waals surface area contributed by atoms with Crippen LogP contribution in [0.15, 0.2) is 24.3 Å². The Balaban J connectivity index is 2.79. The van der Waals surface area contributed by atoms with Gasteiger partial charge in [0, 0.05) is 5.75 Å². The van der Waals surface area contributed by atoms with E-state index >= 15 is 0 Å². The highest BCUT2D eigenvalue weighted by Crippen LogP contribution is 2.11. The number of amides is 3. The number of nitrogens with two attached hydrogens (primary N) is 2. The van der Waals surface area contributed by atoms with Gasteiger partial charge < -0.3 is 42.7 Å². The van der Waals surface area contributed by atoms with E-state index in [1.165, 1.54) is 12.1 Å². The van der Waals surface area contributed by atoms with E-state index in [9.17, 15) is 24.3 Å². The maximum absolute atomic E-state index is 12.8. The Morgan fingerprint density at radius 2 is 1.47 bits per heavy atom. The molecule has 13 heteroatoms. The molecule has 1 aromatic carbocycles. The van der Waals surface area contributed by atoms with Gasteiger partial charge in [-0.1, -0.05) is 12.1 Å². The van der Waals surface area contributed by atoms with E-state index in [1.54, 1.807) is 12.1 Å². The standard InChI is InChI=1S/C21H33N5O7S/c22-8-2-1-3-15(19(30)25-16(10-27)21(32)33)24-20(31)17(11-34)26-18(29)14(23)9-12-4-6-13(28)7-5-12/h4-7,14-17,27-28,34H,1-3,8-11,22-23H2,(H,24,31)(H,25,30)(H,26,29)(H,32,33). The minimum absolute atomic E-state index is 0.0762. The molecule has 0 saturated heterocycles. The van der Waals surface area contributed by atoms with Gasteiger partial charge in [-0.2, -0.15) is 12.6 Å². The number of unbranched alkanes of at least 4 members (excludes halogenated alkanes) is 1. The average Bonchev–Trinajstić information content (AvgIpc) is 2.81. The summed E-state index contributed by atoms with van der Waals surface area (Å²) in [5.41, 5.74) is 12.1. The summed E-state index contributed by atoms with van der Waals surface area (Å²) in [6.45, 7) is -0.455. The molecular weight excluding hydrogens is 466 g/mol. The maximum atomic E-state index is 12.8. The van der Waals surface area contributed by atoms with Gasteiger partial charge in [-0.05, 0) is 49.9 Å². The molecule has 0 radical (unpaired) electrons. The van der Waals surface area contributed by atoms with Crippen molar-refractivity contribution in [1.82, 2.24) is 16.0 Å². The SMILES string of the molecule is NCCCCC(NC(=O)C(CS)NC(=O)C(N)Cc1ccc(O)cc1)C(=O)NC(CO)C(=O)O. The quantitative estimate of drug-likeness (QED) is 0.0948. The van der Waals surface area contributed by atoms with Gasteiger partial charge in [0.25, 0.3) is 0 Å². The third kappa shape index (κ3) is 9.95.